The van der Waals surface area contributed by atoms with E-state index in [2.05, 4.69) is 10.3 Å². The van der Waals surface area contributed by atoms with Gasteiger partial charge in [0.15, 0.2) is 11.9 Å². The molecule has 3 aromatic rings. The predicted octanol–water partition coefficient (Wildman–Crippen LogP) is 4.17. The molecule has 0 aliphatic heterocycles. The fraction of sp³-hybridized carbons (Fsp3) is 0.227. The molecule has 1 atom stereocenters. The standard InChI is InChI=1S/C22H22N2O4/c1-12-9-13(2)18-11-20(24-19(18)10-12)22(27)28-15(4)21(26)23-17-7-5-16(6-8-17)14(3)25/h5-11,15,24H,1-4H3,(H,23,26). The lowest BCUT2D eigenvalue weighted by molar-refractivity contribution is -0.123. The Labute approximate surface area is 162 Å². The van der Waals surface area contributed by atoms with E-state index >= 15 is 0 Å². The third kappa shape index (κ3) is 4.11. The highest BCUT2D eigenvalue weighted by Gasteiger charge is 2.20. The van der Waals surface area contributed by atoms with Crippen LogP contribution in [0.25, 0.3) is 10.9 Å². The van der Waals surface area contributed by atoms with Crippen molar-refractivity contribution in [3.63, 3.8) is 0 Å². The van der Waals surface area contributed by atoms with Gasteiger partial charge in [-0.25, -0.2) is 4.79 Å². The molecule has 1 unspecified atom stereocenters. The van der Waals surface area contributed by atoms with Gasteiger partial charge in [0.25, 0.3) is 5.91 Å². The first-order valence-corrected chi connectivity index (χ1v) is 8.97. The molecule has 1 amide bonds. The average Bonchev–Trinajstić information content (AvgIpc) is 3.06. The second-order valence-corrected chi connectivity index (χ2v) is 6.90. The molecular weight excluding hydrogens is 356 g/mol. The second kappa shape index (κ2) is 7.68. The summed E-state index contributed by atoms with van der Waals surface area (Å²) in [6.07, 6.45) is -0.978. The monoisotopic (exact) mass is 378 g/mol. The molecule has 0 fully saturated rings. The van der Waals surface area contributed by atoms with Gasteiger partial charge in [0.05, 0.1) is 0 Å². The van der Waals surface area contributed by atoms with Crippen LogP contribution in [0.4, 0.5) is 5.69 Å². The summed E-state index contributed by atoms with van der Waals surface area (Å²) in [7, 11) is 0. The van der Waals surface area contributed by atoms with Crippen molar-refractivity contribution in [2.24, 2.45) is 0 Å². The van der Waals surface area contributed by atoms with Gasteiger partial charge in [-0.05, 0) is 75.2 Å². The van der Waals surface area contributed by atoms with Crippen LogP contribution in [-0.4, -0.2) is 28.7 Å². The van der Waals surface area contributed by atoms with Gasteiger partial charge in [-0.15, -0.1) is 0 Å². The first-order valence-electron chi connectivity index (χ1n) is 8.97. The summed E-state index contributed by atoms with van der Waals surface area (Å²) in [5.41, 5.74) is 4.39. The van der Waals surface area contributed by atoms with Crippen LogP contribution in [-0.2, 0) is 9.53 Å². The van der Waals surface area contributed by atoms with E-state index in [0.29, 0.717) is 16.9 Å². The van der Waals surface area contributed by atoms with Gasteiger partial charge in [0.1, 0.15) is 5.69 Å². The summed E-state index contributed by atoms with van der Waals surface area (Å²) in [5, 5.41) is 3.61. The van der Waals surface area contributed by atoms with Crippen molar-refractivity contribution in [1.82, 2.24) is 4.98 Å². The number of esters is 1. The van der Waals surface area contributed by atoms with Crippen LogP contribution in [0.1, 0.15) is 45.8 Å². The Balaban J connectivity index is 1.67. The number of aryl methyl sites for hydroxylation is 2. The SMILES string of the molecule is CC(=O)c1ccc(NC(=O)C(C)OC(=O)c2cc3c(C)cc(C)cc3[nH]2)cc1. The van der Waals surface area contributed by atoms with Crippen LogP contribution in [0.15, 0.2) is 42.5 Å². The highest BCUT2D eigenvalue weighted by atomic mass is 16.5. The van der Waals surface area contributed by atoms with E-state index in [-0.39, 0.29) is 5.78 Å². The number of rotatable bonds is 5. The first-order chi connectivity index (χ1) is 13.2. The number of hydrogen-bond donors (Lipinski definition) is 2. The van der Waals surface area contributed by atoms with Gasteiger partial charge in [-0.2, -0.15) is 0 Å². The number of hydrogen-bond acceptors (Lipinski definition) is 4. The smallest absolute Gasteiger partial charge is 0.355 e. The second-order valence-electron chi connectivity index (χ2n) is 6.90. The van der Waals surface area contributed by atoms with Crippen LogP contribution in [0.5, 0.6) is 0 Å². The molecule has 1 heterocycles. The molecule has 0 spiro atoms. The minimum absolute atomic E-state index is 0.0519. The zero-order chi connectivity index (χ0) is 20.4. The lowest BCUT2D eigenvalue weighted by Gasteiger charge is -2.13. The van der Waals surface area contributed by atoms with Crippen molar-refractivity contribution in [2.45, 2.75) is 33.8 Å². The number of aromatic amines is 1. The number of carbonyl (C=O) groups is 3. The lowest BCUT2D eigenvalue weighted by Crippen LogP contribution is -2.30. The van der Waals surface area contributed by atoms with Crippen LogP contribution >= 0.6 is 0 Å². The topological polar surface area (TPSA) is 88.3 Å². The maximum Gasteiger partial charge on any atom is 0.355 e. The Morgan fingerprint density at radius 3 is 2.36 bits per heavy atom. The number of anilines is 1. The zero-order valence-corrected chi connectivity index (χ0v) is 16.3. The Hall–Kier alpha value is -3.41. The van der Waals surface area contributed by atoms with Gasteiger partial charge in [-0.3, -0.25) is 9.59 Å². The largest absolute Gasteiger partial charge is 0.448 e. The number of amides is 1. The Kier molecular flexibility index (Phi) is 5.31. The molecule has 3 rings (SSSR count). The van der Waals surface area contributed by atoms with Crippen LogP contribution < -0.4 is 5.32 Å². The number of carbonyl (C=O) groups excluding carboxylic acids is 3. The molecule has 0 radical (unpaired) electrons. The molecule has 0 saturated heterocycles. The summed E-state index contributed by atoms with van der Waals surface area (Å²) >= 11 is 0. The van der Waals surface area contributed by atoms with Gasteiger partial charge in [0.2, 0.25) is 0 Å². The maximum absolute atomic E-state index is 12.4. The van der Waals surface area contributed by atoms with Crippen molar-refractivity contribution >= 4 is 34.3 Å². The van der Waals surface area contributed by atoms with Crippen molar-refractivity contribution in [3.8, 4) is 0 Å². The average molecular weight is 378 g/mol. The van der Waals surface area contributed by atoms with E-state index < -0.39 is 18.0 Å². The van der Waals surface area contributed by atoms with E-state index in [9.17, 15) is 14.4 Å². The number of nitrogens with one attached hydrogen (secondary N) is 2. The van der Waals surface area contributed by atoms with Gasteiger partial charge >= 0.3 is 5.97 Å². The lowest BCUT2D eigenvalue weighted by atomic mass is 10.1. The zero-order valence-electron chi connectivity index (χ0n) is 16.3. The number of benzene rings is 2. The van der Waals surface area contributed by atoms with Crippen molar-refractivity contribution in [3.05, 3.63) is 64.8 Å². The maximum atomic E-state index is 12.4. The Morgan fingerprint density at radius 2 is 1.71 bits per heavy atom. The number of aromatic nitrogens is 1. The number of ether oxygens (including phenoxy) is 1. The van der Waals surface area contributed by atoms with Crippen LogP contribution in [0.3, 0.4) is 0 Å². The van der Waals surface area contributed by atoms with E-state index in [0.717, 1.165) is 22.0 Å². The van der Waals surface area contributed by atoms with Crippen LogP contribution in [0, 0.1) is 13.8 Å². The summed E-state index contributed by atoms with van der Waals surface area (Å²) in [4.78, 5) is 39.1. The molecule has 0 aliphatic carbocycles. The number of Topliss-reactive ketones (excluding diaryl/α,β-unsaturated/α-hetero) is 1. The fourth-order valence-corrected chi connectivity index (χ4v) is 3.02. The summed E-state index contributed by atoms with van der Waals surface area (Å²) in [6.45, 7) is 6.95. The minimum atomic E-state index is -0.978. The summed E-state index contributed by atoms with van der Waals surface area (Å²) in [5.74, 6) is -1.10. The third-order valence-electron chi connectivity index (χ3n) is 4.52. The number of ketones is 1. The molecule has 1 aromatic heterocycles. The van der Waals surface area contributed by atoms with E-state index in [4.69, 9.17) is 4.74 Å². The fourth-order valence-electron chi connectivity index (χ4n) is 3.02. The van der Waals surface area contributed by atoms with Gasteiger partial charge < -0.3 is 15.0 Å². The molecule has 6 heteroatoms. The minimum Gasteiger partial charge on any atom is -0.448 e. The highest BCUT2D eigenvalue weighted by Crippen LogP contribution is 2.22. The summed E-state index contributed by atoms with van der Waals surface area (Å²) < 4.78 is 5.30. The van der Waals surface area contributed by atoms with E-state index in [1.807, 2.05) is 26.0 Å². The van der Waals surface area contributed by atoms with Crippen molar-refractivity contribution < 1.29 is 19.1 Å². The van der Waals surface area contributed by atoms with E-state index in [1.165, 1.54) is 13.8 Å². The van der Waals surface area contributed by atoms with Gasteiger partial charge in [-0.1, -0.05) is 6.07 Å². The molecular formula is C22H22N2O4. The molecule has 0 bridgehead atoms. The molecule has 144 valence electrons. The molecule has 2 aromatic carbocycles. The van der Waals surface area contributed by atoms with Crippen LogP contribution in [0.2, 0.25) is 0 Å². The first kappa shape index (κ1) is 19.4. The Bertz CT molecular complexity index is 1060. The molecule has 28 heavy (non-hydrogen) atoms. The molecule has 2 N–H and O–H groups in total. The van der Waals surface area contributed by atoms with E-state index in [1.54, 1.807) is 30.3 Å². The molecule has 6 nitrogen and oxygen atoms in total. The third-order valence-corrected chi connectivity index (χ3v) is 4.52. The predicted molar refractivity (Wildman–Crippen MR) is 108 cm³/mol. The quantitative estimate of drug-likeness (QED) is 0.515. The normalized spacial score (nSPS) is 11.9. The number of H-pyrrole nitrogens is 1. The molecule has 0 saturated carbocycles. The highest BCUT2D eigenvalue weighted by molar-refractivity contribution is 6.00. The van der Waals surface area contributed by atoms with Crippen molar-refractivity contribution in [2.75, 3.05) is 5.32 Å². The number of fused-ring (bicyclic) bond motifs is 1. The van der Waals surface area contributed by atoms with Gasteiger partial charge in [0, 0.05) is 22.2 Å². The Morgan fingerprint density at radius 1 is 1.04 bits per heavy atom. The van der Waals surface area contributed by atoms with Crippen molar-refractivity contribution in [1.29, 1.82) is 0 Å². The molecule has 0 aliphatic rings. The summed E-state index contributed by atoms with van der Waals surface area (Å²) in [6, 6.07) is 12.3.